The Balaban J connectivity index is 1.66. The molecule has 2 aromatic heterocycles. The van der Waals surface area contributed by atoms with Gasteiger partial charge in [-0.2, -0.15) is 0 Å². The summed E-state index contributed by atoms with van der Waals surface area (Å²) < 4.78 is 0. The maximum atomic E-state index is 12.5. The number of hydrogen-bond acceptors (Lipinski definition) is 4. The molecule has 6 heteroatoms. The van der Waals surface area contributed by atoms with Gasteiger partial charge in [-0.1, -0.05) is 0 Å². The molecule has 106 valence electrons. The van der Waals surface area contributed by atoms with E-state index in [4.69, 9.17) is 0 Å². The van der Waals surface area contributed by atoms with Crippen LogP contribution in [0.5, 0.6) is 0 Å². The molecule has 0 aliphatic heterocycles. The summed E-state index contributed by atoms with van der Waals surface area (Å²) in [5, 5.41) is 1.99. The topological polar surface area (TPSA) is 61.9 Å². The number of nitrogens with one attached hydrogen (secondary N) is 1. The number of nitrogens with zero attached hydrogens (tertiary/aromatic N) is 3. The zero-order valence-corrected chi connectivity index (χ0v) is 12.5. The van der Waals surface area contributed by atoms with Crippen molar-refractivity contribution in [2.75, 3.05) is 7.05 Å². The molecular weight excluding hydrogens is 272 g/mol. The number of hydrogen-bond donors (Lipinski definition) is 1. The first-order valence-corrected chi connectivity index (χ1v) is 7.74. The van der Waals surface area contributed by atoms with Crippen LogP contribution in [-0.4, -0.2) is 32.8 Å². The molecule has 0 saturated carbocycles. The molecule has 0 radical (unpaired) electrons. The summed E-state index contributed by atoms with van der Waals surface area (Å²) in [6.07, 6.45) is 2.55. The number of aromatic amines is 1. The summed E-state index contributed by atoms with van der Waals surface area (Å²) in [6, 6.07) is 0. The number of carbonyl (C=O) groups is 1. The third-order valence-corrected chi connectivity index (χ3v) is 4.41. The van der Waals surface area contributed by atoms with Crippen molar-refractivity contribution in [2.45, 2.75) is 32.7 Å². The van der Waals surface area contributed by atoms with Gasteiger partial charge in [0.1, 0.15) is 5.82 Å². The van der Waals surface area contributed by atoms with E-state index in [1.807, 2.05) is 19.4 Å². The zero-order chi connectivity index (χ0) is 14.1. The summed E-state index contributed by atoms with van der Waals surface area (Å²) >= 11 is 1.56. The van der Waals surface area contributed by atoms with Gasteiger partial charge in [0.15, 0.2) is 0 Å². The number of aromatic nitrogens is 3. The largest absolute Gasteiger partial charge is 0.346 e. The van der Waals surface area contributed by atoms with Crippen molar-refractivity contribution < 1.29 is 4.79 Å². The second-order valence-corrected chi connectivity index (χ2v) is 6.08. The van der Waals surface area contributed by atoms with Crippen molar-refractivity contribution >= 4 is 17.2 Å². The van der Waals surface area contributed by atoms with Crippen LogP contribution in [0.1, 0.15) is 29.3 Å². The molecular formula is C14H18N4OS. The fourth-order valence-electron chi connectivity index (χ4n) is 2.78. The zero-order valence-electron chi connectivity index (χ0n) is 11.7. The van der Waals surface area contributed by atoms with Gasteiger partial charge in [0.25, 0.3) is 0 Å². The van der Waals surface area contributed by atoms with Gasteiger partial charge >= 0.3 is 0 Å². The number of carbonyl (C=O) groups excluding carboxylic acids is 1. The molecule has 1 aliphatic carbocycles. The first kappa shape index (κ1) is 13.3. The molecule has 5 nitrogen and oxygen atoms in total. The highest BCUT2D eigenvalue weighted by atomic mass is 32.1. The lowest BCUT2D eigenvalue weighted by molar-refractivity contribution is -0.135. The van der Waals surface area contributed by atoms with Crippen LogP contribution in [0.4, 0.5) is 0 Å². The molecule has 1 unspecified atom stereocenters. The molecule has 0 saturated heterocycles. The van der Waals surface area contributed by atoms with E-state index in [1.165, 1.54) is 0 Å². The molecule has 0 bridgehead atoms. The maximum Gasteiger partial charge on any atom is 0.226 e. The van der Waals surface area contributed by atoms with Gasteiger partial charge in [0, 0.05) is 30.5 Å². The molecule has 1 aliphatic rings. The minimum Gasteiger partial charge on any atom is -0.346 e. The monoisotopic (exact) mass is 290 g/mol. The van der Waals surface area contributed by atoms with Crippen molar-refractivity contribution in [3.05, 3.63) is 33.8 Å². The van der Waals surface area contributed by atoms with E-state index in [0.29, 0.717) is 6.54 Å². The number of H-pyrrole nitrogens is 1. The van der Waals surface area contributed by atoms with Gasteiger partial charge in [-0.05, 0) is 19.8 Å². The van der Waals surface area contributed by atoms with Gasteiger partial charge in [0.2, 0.25) is 5.91 Å². The highest BCUT2D eigenvalue weighted by molar-refractivity contribution is 7.07. The first-order chi connectivity index (χ1) is 9.63. The fraction of sp³-hybridized carbons (Fsp3) is 0.500. The summed E-state index contributed by atoms with van der Waals surface area (Å²) in [5.41, 5.74) is 5.02. The standard InChI is InChI=1S/C14H18N4OS/c1-9-16-12-4-3-10(5-13(12)17-9)14(19)18(2)6-11-7-20-8-15-11/h7-8,10H,3-6H2,1-2H3,(H,16,17). The van der Waals surface area contributed by atoms with Crippen molar-refractivity contribution in [1.29, 1.82) is 0 Å². The molecule has 0 aromatic carbocycles. The minimum atomic E-state index is 0.0611. The number of fused-ring (bicyclic) bond motifs is 1. The number of aryl methyl sites for hydroxylation is 2. The Morgan fingerprint density at radius 1 is 1.60 bits per heavy atom. The Morgan fingerprint density at radius 2 is 2.45 bits per heavy atom. The Kier molecular flexibility index (Phi) is 3.56. The second kappa shape index (κ2) is 5.36. The molecule has 2 heterocycles. The molecule has 1 N–H and O–H groups in total. The summed E-state index contributed by atoms with van der Waals surface area (Å²) in [7, 11) is 1.86. The Hall–Kier alpha value is -1.69. The van der Waals surface area contributed by atoms with Crippen LogP contribution in [0, 0.1) is 12.8 Å². The van der Waals surface area contributed by atoms with Crippen LogP contribution in [-0.2, 0) is 24.2 Å². The lowest BCUT2D eigenvalue weighted by Crippen LogP contribution is -2.35. The third kappa shape index (κ3) is 2.60. The van der Waals surface area contributed by atoms with Gasteiger partial charge < -0.3 is 9.88 Å². The van der Waals surface area contributed by atoms with Gasteiger partial charge in [0.05, 0.1) is 23.4 Å². The molecule has 0 fully saturated rings. The predicted octanol–water partition coefficient (Wildman–Crippen LogP) is 1.94. The minimum absolute atomic E-state index is 0.0611. The molecule has 3 rings (SSSR count). The molecule has 2 aromatic rings. The molecule has 1 atom stereocenters. The van der Waals surface area contributed by atoms with Gasteiger partial charge in [-0.15, -0.1) is 11.3 Å². The van der Waals surface area contributed by atoms with E-state index in [0.717, 1.165) is 42.2 Å². The smallest absolute Gasteiger partial charge is 0.226 e. The first-order valence-electron chi connectivity index (χ1n) is 6.80. The Labute approximate surface area is 122 Å². The van der Waals surface area contributed by atoms with E-state index in [-0.39, 0.29) is 11.8 Å². The molecule has 0 spiro atoms. The summed E-state index contributed by atoms with van der Waals surface area (Å²) in [5.74, 6) is 1.21. The van der Waals surface area contributed by atoms with E-state index < -0.39 is 0 Å². The number of imidazole rings is 1. The Morgan fingerprint density at radius 3 is 3.20 bits per heavy atom. The quantitative estimate of drug-likeness (QED) is 0.939. The van der Waals surface area contributed by atoms with Crippen LogP contribution in [0.3, 0.4) is 0 Å². The van der Waals surface area contributed by atoms with Gasteiger partial charge in [-0.25, -0.2) is 9.97 Å². The predicted molar refractivity (Wildman–Crippen MR) is 77.4 cm³/mol. The average Bonchev–Trinajstić information content (AvgIpc) is 3.04. The lowest BCUT2D eigenvalue weighted by atomic mass is 9.89. The van der Waals surface area contributed by atoms with Crippen LogP contribution in [0.15, 0.2) is 10.9 Å². The Bertz CT molecular complexity index is 605. The van der Waals surface area contributed by atoms with Crippen molar-refractivity contribution in [2.24, 2.45) is 5.92 Å². The number of rotatable bonds is 3. The second-order valence-electron chi connectivity index (χ2n) is 5.36. The van der Waals surface area contributed by atoms with Gasteiger partial charge in [-0.3, -0.25) is 4.79 Å². The highest BCUT2D eigenvalue weighted by Gasteiger charge is 2.28. The maximum absolute atomic E-state index is 12.5. The number of thiazole rings is 1. The number of amides is 1. The summed E-state index contributed by atoms with van der Waals surface area (Å²) in [4.78, 5) is 26.3. The van der Waals surface area contributed by atoms with E-state index in [2.05, 4.69) is 15.0 Å². The third-order valence-electron chi connectivity index (χ3n) is 3.77. The van der Waals surface area contributed by atoms with Crippen molar-refractivity contribution in [3.63, 3.8) is 0 Å². The van der Waals surface area contributed by atoms with Crippen molar-refractivity contribution in [1.82, 2.24) is 19.9 Å². The van der Waals surface area contributed by atoms with E-state index in [1.54, 1.807) is 21.7 Å². The average molecular weight is 290 g/mol. The van der Waals surface area contributed by atoms with Crippen LogP contribution >= 0.6 is 11.3 Å². The highest BCUT2D eigenvalue weighted by Crippen LogP contribution is 2.25. The molecule has 20 heavy (non-hydrogen) atoms. The SMILES string of the molecule is Cc1nc2c([nH]1)CC(C(=O)N(C)Cc1cscn1)CC2. The fourth-order valence-corrected chi connectivity index (χ4v) is 3.33. The van der Waals surface area contributed by atoms with Crippen LogP contribution in [0.25, 0.3) is 0 Å². The van der Waals surface area contributed by atoms with Crippen LogP contribution in [0.2, 0.25) is 0 Å². The van der Waals surface area contributed by atoms with Crippen LogP contribution < -0.4 is 0 Å². The lowest BCUT2D eigenvalue weighted by Gasteiger charge is -2.25. The summed E-state index contributed by atoms with van der Waals surface area (Å²) in [6.45, 7) is 2.55. The van der Waals surface area contributed by atoms with E-state index in [9.17, 15) is 4.79 Å². The van der Waals surface area contributed by atoms with Crippen molar-refractivity contribution in [3.8, 4) is 0 Å². The molecule has 1 amide bonds. The normalized spacial score (nSPS) is 17.8. The van der Waals surface area contributed by atoms with E-state index >= 15 is 0 Å².